The minimum Gasteiger partial charge on any atom is -0.433 e. The number of amides is 1. The van der Waals surface area contributed by atoms with Gasteiger partial charge in [0.25, 0.3) is 0 Å². The van der Waals surface area contributed by atoms with Crippen molar-refractivity contribution in [1.82, 2.24) is 0 Å². The number of rotatable bonds is 6. The van der Waals surface area contributed by atoms with Gasteiger partial charge in [0.15, 0.2) is 0 Å². The van der Waals surface area contributed by atoms with E-state index in [1.165, 1.54) is 41.4 Å². The molecule has 0 saturated heterocycles. The molecule has 1 N–H and O–H groups in total. The fourth-order valence-corrected chi connectivity index (χ4v) is 3.50. The number of nitrogens with one attached hydrogen (secondary N) is 1. The molecular weight excluding hydrogens is 332 g/mol. The fourth-order valence-electron chi connectivity index (χ4n) is 2.74. The number of hydrogen-bond acceptors (Lipinski definition) is 3. The van der Waals surface area contributed by atoms with Gasteiger partial charge in [0, 0.05) is 4.90 Å². The Morgan fingerprint density at radius 2 is 1.96 bits per heavy atom. The van der Waals surface area contributed by atoms with Gasteiger partial charge in [-0.1, -0.05) is 18.2 Å². The standard InChI is InChI=1S/C18H17F2NO2S/c19-18(20)23-16-7-2-1-6-15(16)21-17(22)11-24-14-9-8-12-4-3-5-13(12)10-14/h1-2,6-10,18H,3-5,11H2,(H,21,22). The van der Waals surface area contributed by atoms with Crippen molar-refractivity contribution in [2.75, 3.05) is 11.1 Å². The number of halogens is 2. The first-order chi connectivity index (χ1) is 11.6. The highest BCUT2D eigenvalue weighted by Gasteiger charge is 2.13. The van der Waals surface area contributed by atoms with Gasteiger partial charge in [-0.3, -0.25) is 4.79 Å². The third kappa shape index (κ3) is 4.26. The number of alkyl halides is 2. The second-order valence-corrected chi connectivity index (χ2v) is 6.54. The molecule has 126 valence electrons. The lowest BCUT2D eigenvalue weighted by molar-refractivity contribution is -0.113. The first-order valence-corrected chi connectivity index (χ1v) is 8.68. The summed E-state index contributed by atoms with van der Waals surface area (Å²) >= 11 is 1.43. The van der Waals surface area contributed by atoms with E-state index in [1.54, 1.807) is 12.1 Å². The van der Waals surface area contributed by atoms with Crippen LogP contribution in [-0.4, -0.2) is 18.3 Å². The molecular formula is C18H17F2NO2S. The van der Waals surface area contributed by atoms with Crippen LogP contribution in [0.15, 0.2) is 47.4 Å². The Kier molecular flexibility index (Phi) is 5.35. The van der Waals surface area contributed by atoms with E-state index in [9.17, 15) is 13.6 Å². The largest absolute Gasteiger partial charge is 0.433 e. The summed E-state index contributed by atoms with van der Waals surface area (Å²) in [7, 11) is 0. The molecule has 0 unspecified atom stereocenters. The molecule has 0 fully saturated rings. The highest BCUT2D eigenvalue weighted by atomic mass is 32.2. The summed E-state index contributed by atoms with van der Waals surface area (Å²) in [6.07, 6.45) is 3.40. The summed E-state index contributed by atoms with van der Waals surface area (Å²) in [5, 5.41) is 2.62. The molecule has 0 atom stereocenters. The van der Waals surface area contributed by atoms with E-state index in [-0.39, 0.29) is 23.1 Å². The molecule has 0 bridgehead atoms. The summed E-state index contributed by atoms with van der Waals surface area (Å²) in [6, 6.07) is 12.4. The molecule has 1 aliphatic rings. The second kappa shape index (κ2) is 7.66. The minimum atomic E-state index is -2.93. The highest BCUT2D eigenvalue weighted by Crippen LogP contribution is 2.29. The highest BCUT2D eigenvalue weighted by molar-refractivity contribution is 8.00. The number of thioether (sulfide) groups is 1. The predicted molar refractivity (Wildman–Crippen MR) is 90.9 cm³/mol. The molecule has 3 nitrogen and oxygen atoms in total. The molecule has 0 radical (unpaired) electrons. The molecule has 2 aromatic carbocycles. The Morgan fingerprint density at radius 3 is 2.79 bits per heavy atom. The number of aryl methyl sites for hydroxylation is 2. The third-order valence-corrected chi connectivity index (χ3v) is 4.81. The van der Waals surface area contributed by atoms with Crippen LogP contribution < -0.4 is 10.1 Å². The van der Waals surface area contributed by atoms with E-state index in [0.29, 0.717) is 0 Å². The Bertz CT molecular complexity index is 737. The Balaban J connectivity index is 1.58. The molecule has 0 spiro atoms. The first-order valence-electron chi connectivity index (χ1n) is 7.70. The molecule has 3 rings (SSSR count). The van der Waals surface area contributed by atoms with Crippen molar-refractivity contribution in [2.45, 2.75) is 30.8 Å². The molecule has 0 aliphatic heterocycles. The monoisotopic (exact) mass is 349 g/mol. The van der Waals surface area contributed by atoms with Crippen molar-refractivity contribution in [2.24, 2.45) is 0 Å². The van der Waals surface area contributed by atoms with E-state index < -0.39 is 6.61 Å². The van der Waals surface area contributed by atoms with Crippen molar-refractivity contribution in [3.63, 3.8) is 0 Å². The van der Waals surface area contributed by atoms with Gasteiger partial charge >= 0.3 is 6.61 Å². The summed E-state index contributed by atoms with van der Waals surface area (Å²) in [5.41, 5.74) is 3.00. The Morgan fingerprint density at radius 1 is 1.17 bits per heavy atom. The second-order valence-electron chi connectivity index (χ2n) is 5.50. The van der Waals surface area contributed by atoms with Gasteiger partial charge in [0.2, 0.25) is 5.91 Å². The minimum absolute atomic E-state index is 0.0385. The van der Waals surface area contributed by atoms with Gasteiger partial charge in [-0.2, -0.15) is 8.78 Å². The molecule has 6 heteroatoms. The summed E-state index contributed by atoms with van der Waals surface area (Å²) in [5.74, 6) is -0.0869. The van der Waals surface area contributed by atoms with Crippen LogP contribution in [-0.2, 0) is 17.6 Å². The lowest BCUT2D eigenvalue weighted by atomic mass is 10.1. The molecule has 2 aromatic rings. The van der Waals surface area contributed by atoms with E-state index in [2.05, 4.69) is 22.2 Å². The maximum Gasteiger partial charge on any atom is 0.387 e. The maximum absolute atomic E-state index is 12.4. The number of ether oxygens (including phenoxy) is 1. The van der Waals surface area contributed by atoms with E-state index in [1.807, 2.05) is 6.07 Å². The van der Waals surface area contributed by atoms with Crippen LogP contribution >= 0.6 is 11.8 Å². The molecule has 0 heterocycles. The quantitative estimate of drug-likeness (QED) is 0.780. The summed E-state index contributed by atoms with van der Waals surface area (Å²) in [6.45, 7) is -2.93. The van der Waals surface area contributed by atoms with Crippen LogP contribution in [0.3, 0.4) is 0 Å². The average Bonchev–Trinajstić information content (AvgIpc) is 3.02. The van der Waals surface area contributed by atoms with Crippen LogP contribution in [0.4, 0.5) is 14.5 Å². The maximum atomic E-state index is 12.4. The average molecular weight is 349 g/mol. The smallest absolute Gasteiger partial charge is 0.387 e. The lowest BCUT2D eigenvalue weighted by Gasteiger charge is -2.11. The third-order valence-electron chi connectivity index (χ3n) is 3.82. The summed E-state index contributed by atoms with van der Waals surface area (Å²) in [4.78, 5) is 13.1. The Hall–Kier alpha value is -2.08. The van der Waals surface area contributed by atoms with Gasteiger partial charge in [-0.25, -0.2) is 0 Å². The van der Waals surface area contributed by atoms with Crippen LogP contribution in [0.2, 0.25) is 0 Å². The van der Waals surface area contributed by atoms with Crippen LogP contribution in [0.5, 0.6) is 5.75 Å². The van der Waals surface area contributed by atoms with Gasteiger partial charge in [-0.05, 0) is 54.7 Å². The number of anilines is 1. The predicted octanol–water partition coefficient (Wildman–Crippen LogP) is 4.51. The SMILES string of the molecule is O=C(CSc1ccc2c(c1)CCC2)Nc1ccccc1OC(F)F. The Labute approximate surface area is 143 Å². The zero-order valence-electron chi connectivity index (χ0n) is 12.9. The number of carbonyl (C=O) groups excluding carboxylic acids is 1. The zero-order valence-corrected chi connectivity index (χ0v) is 13.7. The molecule has 0 aromatic heterocycles. The fraction of sp³-hybridized carbons (Fsp3) is 0.278. The number of benzene rings is 2. The summed E-state index contributed by atoms with van der Waals surface area (Å²) < 4.78 is 29.2. The molecule has 1 amide bonds. The van der Waals surface area contributed by atoms with Gasteiger partial charge in [0.05, 0.1) is 11.4 Å². The van der Waals surface area contributed by atoms with Crippen LogP contribution in [0, 0.1) is 0 Å². The van der Waals surface area contributed by atoms with Gasteiger partial charge in [-0.15, -0.1) is 11.8 Å². The topological polar surface area (TPSA) is 38.3 Å². The molecule has 24 heavy (non-hydrogen) atoms. The van der Waals surface area contributed by atoms with Gasteiger partial charge in [0.1, 0.15) is 5.75 Å². The van der Waals surface area contributed by atoms with Gasteiger partial charge < -0.3 is 10.1 Å². The first kappa shape index (κ1) is 16.8. The van der Waals surface area contributed by atoms with Crippen molar-refractivity contribution in [3.05, 3.63) is 53.6 Å². The normalized spacial score (nSPS) is 13.0. The van der Waals surface area contributed by atoms with Crippen molar-refractivity contribution < 1.29 is 18.3 Å². The van der Waals surface area contributed by atoms with Crippen molar-refractivity contribution >= 4 is 23.4 Å². The van der Waals surface area contributed by atoms with E-state index in [0.717, 1.165) is 17.7 Å². The van der Waals surface area contributed by atoms with E-state index >= 15 is 0 Å². The lowest BCUT2D eigenvalue weighted by Crippen LogP contribution is -2.15. The molecule has 1 aliphatic carbocycles. The van der Waals surface area contributed by atoms with Crippen molar-refractivity contribution in [1.29, 1.82) is 0 Å². The van der Waals surface area contributed by atoms with Crippen LogP contribution in [0.1, 0.15) is 17.5 Å². The van der Waals surface area contributed by atoms with E-state index in [4.69, 9.17) is 0 Å². The molecule has 0 saturated carbocycles. The van der Waals surface area contributed by atoms with Crippen molar-refractivity contribution in [3.8, 4) is 5.75 Å². The number of carbonyl (C=O) groups is 1. The number of fused-ring (bicyclic) bond motifs is 1. The number of hydrogen-bond donors (Lipinski definition) is 1. The van der Waals surface area contributed by atoms with Crippen LogP contribution in [0.25, 0.3) is 0 Å². The zero-order chi connectivity index (χ0) is 16.9. The number of para-hydroxylation sites is 2.